The lowest BCUT2D eigenvalue weighted by molar-refractivity contribution is -0.137. The SMILES string of the molecule is CCCCCCc1c(C(=O)NC(c2ccccc2)c2ccccc2)ccn1CC(=O)O. The van der Waals surface area contributed by atoms with Crippen molar-refractivity contribution in [2.24, 2.45) is 0 Å². The summed E-state index contributed by atoms with van der Waals surface area (Å²) >= 11 is 0. The second-order valence-electron chi connectivity index (χ2n) is 7.74. The number of carboxylic acid groups (broad SMARTS) is 1. The van der Waals surface area contributed by atoms with Gasteiger partial charge in [-0.25, -0.2) is 0 Å². The Morgan fingerprint density at radius 3 is 2.06 bits per heavy atom. The quantitative estimate of drug-likeness (QED) is 0.420. The van der Waals surface area contributed by atoms with Crippen LogP contribution in [-0.4, -0.2) is 21.6 Å². The highest BCUT2D eigenvalue weighted by atomic mass is 16.4. The number of unbranched alkanes of at least 4 members (excludes halogenated alkanes) is 3. The van der Waals surface area contributed by atoms with E-state index in [9.17, 15) is 14.7 Å². The molecule has 0 bridgehead atoms. The summed E-state index contributed by atoms with van der Waals surface area (Å²) in [6, 6.07) is 21.2. The third-order valence-corrected chi connectivity index (χ3v) is 5.44. The number of carbonyl (C=O) groups excluding carboxylic acids is 1. The Kier molecular flexibility index (Phi) is 8.05. The number of hydrogen-bond donors (Lipinski definition) is 2. The average molecular weight is 419 g/mol. The monoisotopic (exact) mass is 418 g/mol. The van der Waals surface area contributed by atoms with Gasteiger partial charge in [0.1, 0.15) is 6.54 Å². The van der Waals surface area contributed by atoms with E-state index >= 15 is 0 Å². The third kappa shape index (κ3) is 6.07. The van der Waals surface area contributed by atoms with Crippen molar-refractivity contribution >= 4 is 11.9 Å². The summed E-state index contributed by atoms with van der Waals surface area (Å²) in [5.41, 5.74) is 3.33. The minimum absolute atomic E-state index is 0.142. The van der Waals surface area contributed by atoms with Gasteiger partial charge in [0.15, 0.2) is 0 Å². The molecular weight excluding hydrogens is 388 g/mol. The van der Waals surface area contributed by atoms with E-state index in [1.165, 1.54) is 0 Å². The van der Waals surface area contributed by atoms with E-state index < -0.39 is 5.97 Å². The van der Waals surface area contributed by atoms with Crippen LogP contribution < -0.4 is 5.32 Å². The molecule has 3 rings (SSSR count). The number of amides is 1. The molecule has 0 spiro atoms. The Balaban J connectivity index is 1.87. The molecule has 0 aliphatic rings. The summed E-state index contributed by atoms with van der Waals surface area (Å²) in [5, 5.41) is 12.4. The van der Waals surface area contributed by atoms with Crippen molar-refractivity contribution < 1.29 is 14.7 Å². The molecule has 0 aliphatic carbocycles. The van der Waals surface area contributed by atoms with E-state index in [1.54, 1.807) is 16.8 Å². The second-order valence-corrected chi connectivity index (χ2v) is 7.74. The Hall–Kier alpha value is -3.34. The number of carbonyl (C=O) groups is 2. The molecule has 1 aromatic heterocycles. The van der Waals surface area contributed by atoms with Gasteiger partial charge in [0.05, 0.1) is 11.6 Å². The lowest BCUT2D eigenvalue weighted by Gasteiger charge is -2.20. The Bertz CT molecular complexity index is 941. The van der Waals surface area contributed by atoms with Crippen molar-refractivity contribution in [3.05, 3.63) is 95.3 Å². The molecule has 0 aliphatic heterocycles. The molecule has 31 heavy (non-hydrogen) atoms. The van der Waals surface area contributed by atoms with E-state index in [0.29, 0.717) is 12.0 Å². The van der Waals surface area contributed by atoms with Gasteiger partial charge in [0.25, 0.3) is 5.91 Å². The number of nitrogens with zero attached hydrogens (tertiary/aromatic N) is 1. The van der Waals surface area contributed by atoms with E-state index in [0.717, 1.165) is 42.5 Å². The van der Waals surface area contributed by atoms with Gasteiger partial charge in [0.2, 0.25) is 0 Å². The molecular formula is C26H30N2O3. The molecule has 5 nitrogen and oxygen atoms in total. The maximum absolute atomic E-state index is 13.3. The minimum Gasteiger partial charge on any atom is -0.480 e. The predicted octanol–water partition coefficient (Wildman–Crippen LogP) is 5.21. The largest absolute Gasteiger partial charge is 0.480 e. The number of rotatable bonds is 11. The molecule has 0 fully saturated rings. The fourth-order valence-corrected chi connectivity index (χ4v) is 3.86. The standard InChI is InChI=1S/C26H30N2O3/c1-2-3-4-11-16-23-22(17-18-28(23)19-24(29)30)26(31)27-25(20-12-7-5-8-13-20)21-14-9-6-10-15-21/h5-10,12-15,17-18,25H,2-4,11,16,19H2,1H3,(H,27,31)(H,29,30). The van der Waals surface area contributed by atoms with Gasteiger partial charge >= 0.3 is 5.97 Å². The summed E-state index contributed by atoms with van der Waals surface area (Å²) in [7, 11) is 0. The normalized spacial score (nSPS) is 10.9. The van der Waals surface area contributed by atoms with E-state index in [-0.39, 0.29) is 18.5 Å². The highest BCUT2D eigenvalue weighted by molar-refractivity contribution is 5.96. The zero-order valence-electron chi connectivity index (χ0n) is 18.0. The number of aromatic nitrogens is 1. The van der Waals surface area contributed by atoms with Crippen LogP contribution in [0.15, 0.2) is 72.9 Å². The third-order valence-electron chi connectivity index (χ3n) is 5.44. The molecule has 0 radical (unpaired) electrons. The van der Waals surface area contributed by atoms with Gasteiger partial charge in [-0.05, 0) is 30.0 Å². The van der Waals surface area contributed by atoms with Crippen LogP contribution in [-0.2, 0) is 17.8 Å². The number of benzene rings is 2. The summed E-state index contributed by atoms with van der Waals surface area (Å²) < 4.78 is 1.68. The van der Waals surface area contributed by atoms with Gasteiger partial charge in [-0.1, -0.05) is 86.8 Å². The van der Waals surface area contributed by atoms with Crippen LogP contribution in [0.2, 0.25) is 0 Å². The molecule has 2 N–H and O–H groups in total. The zero-order chi connectivity index (χ0) is 22.1. The first kappa shape index (κ1) is 22.3. The van der Waals surface area contributed by atoms with Crippen LogP contribution >= 0.6 is 0 Å². The van der Waals surface area contributed by atoms with Gasteiger partial charge < -0.3 is 15.0 Å². The molecule has 0 saturated heterocycles. The van der Waals surface area contributed by atoms with Crippen LogP contribution in [0.5, 0.6) is 0 Å². The molecule has 5 heteroatoms. The van der Waals surface area contributed by atoms with Gasteiger partial charge in [-0.2, -0.15) is 0 Å². The average Bonchev–Trinajstić information content (AvgIpc) is 3.18. The van der Waals surface area contributed by atoms with Crippen LogP contribution in [0.4, 0.5) is 0 Å². The summed E-state index contributed by atoms with van der Waals surface area (Å²) in [5.74, 6) is -1.10. The first-order valence-electron chi connectivity index (χ1n) is 10.9. The molecule has 1 heterocycles. The smallest absolute Gasteiger partial charge is 0.323 e. The summed E-state index contributed by atoms with van der Waals surface area (Å²) in [6.07, 6.45) is 6.64. The molecule has 162 valence electrons. The molecule has 0 atom stereocenters. The van der Waals surface area contributed by atoms with Crippen molar-refractivity contribution in [1.82, 2.24) is 9.88 Å². The molecule has 3 aromatic rings. The fourth-order valence-electron chi connectivity index (χ4n) is 3.86. The molecule has 1 amide bonds. The van der Waals surface area contributed by atoms with Crippen molar-refractivity contribution in [1.29, 1.82) is 0 Å². The summed E-state index contributed by atoms with van der Waals surface area (Å²) in [4.78, 5) is 24.6. The van der Waals surface area contributed by atoms with E-state index in [2.05, 4.69) is 12.2 Å². The first-order valence-corrected chi connectivity index (χ1v) is 10.9. The number of aliphatic carboxylic acids is 1. The topological polar surface area (TPSA) is 71.3 Å². The van der Waals surface area contributed by atoms with E-state index in [4.69, 9.17) is 0 Å². The maximum atomic E-state index is 13.3. The van der Waals surface area contributed by atoms with Crippen molar-refractivity contribution in [3.63, 3.8) is 0 Å². The number of nitrogens with one attached hydrogen (secondary N) is 1. The summed E-state index contributed by atoms with van der Waals surface area (Å²) in [6.45, 7) is 2.01. The minimum atomic E-state index is -0.913. The van der Waals surface area contributed by atoms with Crippen molar-refractivity contribution in [2.45, 2.75) is 51.6 Å². The second kappa shape index (κ2) is 11.2. The predicted molar refractivity (Wildman–Crippen MR) is 122 cm³/mol. The first-order chi connectivity index (χ1) is 15.1. The van der Waals surface area contributed by atoms with Gasteiger partial charge in [-0.3, -0.25) is 9.59 Å². The van der Waals surface area contributed by atoms with Crippen molar-refractivity contribution in [3.8, 4) is 0 Å². The highest BCUT2D eigenvalue weighted by Gasteiger charge is 2.22. The number of hydrogen-bond acceptors (Lipinski definition) is 2. The lowest BCUT2D eigenvalue weighted by atomic mass is 9.98. The molecule has 0 saturated carbocycles. The van der Waals surface area contributed by atoms with E-state index in [1.807, 2.05) is 60.7 Å². The fraction of sp³-hybridized carbons (Fsp3) is 0.308. The highest BCUT2D eigenvalue weighted by Crippen LogP contribution is 2.24. The Morgan fingerprint density at radius 1 is 0.903 bits per heavy atom. The zero-order valence-corrected chi connectivity index (χ0v) is 18.0. The molecule has 2 aromatic carbocycles. The maximum Gasteiger partial charge on any atom is 0.323 e. The molecule has 0 unspecified atom stereocenters. The lowest BCUT2D eigenvalue weighted by Crippen LogP contribution is -2.30. The Labute approximate surface area is 183 Å². The Morgan fingerprint density at radius 2 is 1.52 bits per heavy atom. The van der Waals surface area contributed by atoms with Crippen LogP contribution in [0.25, 0.3) is 0 Å². The number of carboxylic acids is 1. The van der Waals surface area contributed by atoms with Crippen LogP contribution in [0.1, 0.15) is 65.8 Å². The van der Waals surface area contributed by atoms with Gasteiger partial charge in [-0.15, -0.1) is 0 Å². The van der Waals surface area contributed by atoms with Gasteiger partial charge in [0, 0.05) is 11.9 Å². The van der Waals surface area contributed by atoms with Crippen LogP contribution in [0, 0.1) is 0 Å². The van der Waals surface area contributed by atoms with Crippen molar-refractivity contribution in [2.75, 3.05) is 0 Å². The van der Waals surface area contributed by atoms with Crippen LogP contribution in [0.3, 0.4) is 0 Å².